The zero-order chi connectivity index (χ0) is 23.1. The Morgan fingerprint density at radius 1 is 1.09 bits per heavy atom. The van der Waals surface area contributed by atoms with Gasteiger partial charge in [0.25, 0.3) is 5.91 Å². The summed E-state index contributed by atoms with van der Waals surface area (Å²) in [4.78, 5) is 26.9. The van der Waals surface area contributed by atoms with Gasteiger partial charge in [0, 0.05) is 35.9 Å². The maximum Gasteiger partial charge on any atom is 0.412 e. The number of anilines is 1. The third-order valence-electron chi connectivity index (χ3n) is 5.00. The maximum absolute atomic E-state index is 12.8. The van der Waals surface area contributed by atoms with E-state index in [2.05, 4.69) is 15.5 Å². The van der Waals surface area contributed by atoms with Crippen molar-refractivity contribution < 1.29 is 19.1 Å². The van der Waals surface area contributed by atoms with Crippen molar-refractivity contribution >= 4 is 29.3 Å². The Balaban J connectivity index is 1.63. The van der Waals surface area contributed by atoms with Gasteiger partial charge < -0.3 is 14.8 Å². The van der Waals surface area contributed by atoms with E-state index in [0.717, 1.165) is 18.7 Å². The molecule has 172 valence electrons. The highest BCUT2D eigenvalue weighted by Gasteiger charge is 2.25. The SMILES string of the molecule is CC(C)(C)OC(=O)Nc1ccc(C(=O)NCC(c2ccccc2Cl)N2CCOCC2)cc1. The van der Waals surface area contributed by atoms with Crippen molar-refractivity contribution in [3.8, 4) is 0 Å². The van der Waals surface area contributed by atoms with Crippen LogP contribution in [0.2, 0.25) is 5.02 Å². The van der Waals surface area contributed by atoms with Crippen LogP contribution in [0.25, 0.3) is 0 Å². The standard InChI is InChI=1S/C24H30ClN3O4/c1-24(2,3)32-23(30)27-18-10-8-17(9-11-18)22(29)26-16-21(28-12-14-31-15-13-28)19-6-4-5-7-20(19)25/h4-11,21H,12-16H2,1-3H3,(H,26,29)(H,27,30). The molecule has 2 aromatic carbocycles. The molecule has 32 heavy (non-hydrogen) atoms. The predicted octanol–water partition coefficient (Wildman–Crippen LogP) is 4.49. The molecule has 1 heterocycles. The van der Waals surface area contributed by atoms with Gasteiger partial charge in [-0.05, 0) is 56.7 Å². The average Bonchev–Trinajstić information content (AvgIpc) is 2.75. The lowest BCUT2D eigenvalue weighted by molar-refractivity contribution is 0.0162. The highest BCUT2D eigenvalue weighted by Crippen LogP contribution is 2.28. The van der Waals surface area contributed by atoms with Crippen molar-refractivity contribution in [1.82, 2.24) is 10.2 Å². The summed E-state index contributed by atoms with van der Waals surface area (Å²) in [5.41, 5.74) is 1.45. The van der Waals surface area contributed by atoms with Crippen LogP contribution in [0.4, 0.5) is 10.5 Å². The number of hydrogen-bond acceptors (Lipinski definition) is 5. The van der Waals surface area contributed by atoms with Crippen LogP contribution >= 0.6 is 11.6 Å². The van der Waals surface area contributed by atoms with Crippen molar-refractivity contribution in [3.63, 3.8) is 0 Å². The number of benzene rings is 2. The van der Waals surface area contributed by atoms with E-state index in [1.165, 1.54) is 0 Å². The number of nitrogens with one attached hydrogen (secondary N) is 2. The summed E-state index contributed by atoms with van der Waals surface area (Å²) in [7, 11) is 0. The number of ether oxygens (including phenoxy) is 2. The van der Waals surface area contributed by atoms with E-state index >= 15 is 0 Å². The lowest BCUT2D eigenvalue weighted by Crippen LogP contribution is -2.44. The molecule has 0 radical (unpaired) electrons. The van der Waals surface area contributed by atoms with Crippen LogP contribution < -0.4 is 10.6 Å². The van der Waals surface area contributed by atoms with E-state index in [4.69, 9.17) is 21.1 Å². The van der Waals surface area contributed by atoms with Crippen molar-refractivity contribution in [2.75, 3.05) is 38.2 Å². The van der Waals surface area contributed by atoms with Gasteiger partial charge >= 0.3 is 6.09 Å². The monoisotopic (exact) mass is 459 g/mol. The van der Waals surface area contributed by atoms with Crippen molar-refractivity contribution in [1.29, 1.82) is 0 Å². The van der Waals surface area contributed by atoms with Gasteiger partial charge in [-0.1, -0.05) is 29.8 Å². The maximum atomic E-state index is 12.8. The fraction of sp³-hybridized carbons (Fsp3) is 0.417. The number of nitrogens with zero attached hydrogens (tertiary/aromatic N) is 1. The van der Waals surface area contributed by atoms with Crippen LogP contribution in [-0.4, -0.2) is 55.3 Å². The Labute approximate surface area is 194 Å². The molecule has 8 heteroatoms. The third-order valence-corrected chi connectivity index (χ3v) is 5.34. The molecule has 2 aromatic rings. The number of morpholine rings is 1. The molecular weight excluding hydrogens is 430 g/mol. The number of rotatable bonds is 6. The van der Waals surface area contributed by atoms with Crippen LogP contribution in [-0.2, 0) is 9.47 Å². The summed E-state index contributed by atoms with van der Waals surface area (Å²) >= 11 is 6.45. The van der Waals surface area contributed by atoms with Crippen LogP contribution in [0.1, 0.15) is 42.7 Å². The summed E-state index contributed by atoms with van der Waals surface area (Å²) in [6.45, 7) is 8.67. The molecule has 2 N–H and O–H groups in total. The van der Waals surface area contributed by atoms with Gasteiger partial charge in [0.2, 0.25) is 0 Å². The quantitative estimate of drug-likeness (QED) is 0.665. The molecule has 0 spiro atoms. The minimum atomic E-state index is -0.581. The summed E-state index contributed by atoms with van der Waals surface area (Å²) < 4.78 is 10.7. The molecule has 0 aliphatic carbocycles. The van der Waals surface area contributed by atoms with Crippen molar-refractivity contribution in [2.45, 2.75) is 32.4 Å². The Kier molecular flexibility index (Phi) is 8.12. The topological polar surface area (TPSA) is 79.9 Å². The largest absolute Gasteiger partial charge is 0.444 e. The first-order valence-electron chi connectivity index (χ1n) is 10.7. The first kappa shape index (κ1) is 24.0. The van der Waals surface area contributed by atoms with Gasteiger partial charge in [0.05, 0.1) is 19.3 Å². The van der Waals surface area contributed by atoms with Crippen LogP contribution in [0, 0.1) is 0 Å². The van der Waals surface area contributed by atoms with E-state index < -0.39 is 11.7 Å². The van der Waals surface area contributed by atoms with Crippen LogP contribution in [0.3, 0.4) is 0 Å². The fourth-order valence-electron chi connectivity index (χ4n) is 3.49. The minimum absolute atomic E-state index is 0.0512. The van der Waals surface area contributed by atoms with E-state index in [9.17, 15) is 9.59 Å². The molecule has 1 saturated heterocycles. The molecule has 0 bridgehead atoms. The van der Waals surface area contributed by atoms with E-state index in [1.807, 2.05) is 24.3 Å². The molecule has 2 amide bonds. The van der Waals surface area contributed by atoms with Gasteiger partial charge in [-0.15, -0.1) is 0 Å². The first-order valence-corrected chi connectivity index (χ1v) is 11.1. The Morgan fingerprint density at radius 2 is 1.75 bits per heavy atom. The van der Waals surface area contributed by atoms with Crippen LogP contribution in [0.15, 0.2) is 48.5 Å². The number of carbonyl (C=O) groups excluding carboxylic acids is 2. The second-order valence-electron chi connectivity index (χ2n) is 8.60. The molecule has 0 saturated carbocycles. The van der Waals surface area contributed by atoms with Gasteiger partial charge in [-0.25, -0.2) is 4.79 Å². The molecule has 0 aromatic heterocycles. The second-order valence-corrected chi connectivity index (χ2v) is 9.01. The predicted molar refractivity (Wildman–Crippen MR) is 125 cm³/mol. The van der Waals surface area contributed by atoms with Gasteiger partial charge in [0.15, 0.2) is 0 Å². The molecule has 1 atom stereocenters. The van der Waals surface area contributed by atoms with Crippen LogP contribution in [0.5, 0.6) is 0 Å². The van der Waals surface area contributed by atoms with Crippen molar-refractivity contribution in [2.24, 2.45) is 0 Å². The Bertz CT molecular complexity index is 922. The molecule has 1 aliphatic rings. The molecule has 1 unspecified atom stereocenters. The summed E-state index contributed by atoms with van der Waals surface area (Å²) in [5, 5.41) is 6.36. The number of hydrogen-bond donors (Lipinski definition) is 2. The highest BCUT2D eigenvalue weighted by molar-refractivity contribution is 6.31. The smallest absolute Gasteiger partial charge is 0.412 e. The van der Waals surface area contributed by atoms with Gasteiger partial charge in [0.1, 0.15) is 5.60 Å². The summed E-state index contributed by atoms with van der Waals surface area (Å²) in [5.74, 6) is -0.195. The van der Waals surface area contributed by atoms with Gasteiger partial charge in [-0.3, -0.25) is 15.0 Å². The lowest BCUT2D eigenvalue weighted by Gasteiger charge is -2.35. The second kappa shape index (κ2) is 10.8. The molecule has 7 nitrogen and oxygen atoms in total. The highest BCUT2D eigenvalue weighted by atomic mass is 35.5. The Morgan fingerprint density at radius 3 is 2.38 bits per heavy atom. The normalized spacial score (nSPS) is 15.6. The van der Waals surface area contributed by atoms with E-state index in [0.29, 0.717) is 36.0 Å². The number of halogens is 1. The Hall–Kier alpha value is -2.61. The van der Waals surface area contributed by atoms with E-state index in [1.54, 1.807) is 45.0 Å². The first-order chi connectivity index (χ1) is 15.2. The lowest BCUT2D eigenvalue weighted by atomic mass is 10.0. The average molecular weight is 460 g/mol. The van der Waals surface area contributed by atoms with Gasteiger partial charge in [-0.2, -0.15) is 0 Å². The minimum Gasteiger partial charge on any atom is -0.444 e. The number of amides is 2. The summed E-state index contributed by atoms with van der Waals surface area (Å²) in [6, 6.07) is 14.3. The zero-order valence-electron chi connectivity index (χ0n) is 18.7. The number of carbonyl (C=O) groups is 2. The van der Waals surface area contributed by atoms with Crippen molar-refractivity contribution in [3.05, 3.63) is 64.7 Å². The third kappa shape index (κ3) is 6.95. The molecule has 1 fully saturated rings. The summed E-state index contributed by atoms with van der Waals surface area (Å²) in [6.07, 6.45) is -0.539. The molecule has 1 aliphatic heterocycles. The molecule has 3 rings (SSSR count). The fourth-order valence-corrected chi connectivity index (χ4v) is 3.75. The van der Waals surface area contributed by atoms with E-state index in [-0.39, 0.29) is 11.9 Å². The molecular formula is C24H30ClN3O4. The zero-order valence-corrected chi connectivity index (χ0v) is 19.4.